The highest BCUT2D eigenvalue weighted by Gasteiger charge is 2.28. The predicted molar refractivity (Wildman–Crippen MR) is 99.1 cm³/mol. The molecule has 2 aromatic rings. The lowest BCUT2D eigenvalue weighted by Crippen LogP contribution is -2.24. The van der Waals surface area contributed by atoms with Gasteiger partial charge in [0, 0.05) is 6.07 Å². The first-order valence-corrected chi connectivity index (χ1v) is 8.57. The van der Waals surface area contributed by atoms with Gasteiger partial charge in [0.15, 0.2) is 11.9 Å². The number of ketones is 1. The number of hydrogen-bond donors (Lipinski definition) is 0. The Morgan fingerprint density at radius 2 is 1.85 bits per heavy atom. The fourth-order valence-corrected chi connectivity index (χ4v) is 2.64. The van der Waals surface area contributed by atoms with Crippen molar-refractivity contribution in [1.82, 2.24) is 0 Å². The highest BCUT2D eigenvalue weighted by atomic mass is 16.6. The Labute approximate surface area is 157 Å². The molecule has 1 aliphatic heterocycles. The standard InChI is InChI=1S/C21H20O6/c1-4-25-15-7-5-14(6-8-15)11-19-20(22)17-10-9-16(12-18(17)27-19)26-13(2)21(23)24-3/h5-13H,4H2,1-3H3/t13-/m1/s1. The number of fused-ring (bicyclic) bond motifs is 1. The molecule has 0 aliphatic carbocycles. The third-order valence-electron chi connectivity index (χ3n) is 3.98. The number of ether oxygens (including phenoxy) is 4. The molecule has 140 valence electrons. The lowest BCUT2D eigenvalue weighted by atomic mass is 10.1. The smallest absolute Gasteiger partial charge is 0.346 e. The second-order valence-electron chi connectivity index (χ2n) is 5.88. The summed E-state index contributed by atoms with van der Waals surface area (Å²) in [6, 6.07) is 12.2. The Balaban J connectivity index is 1.77. The van der Waals surface area contributed by atoms with Crippen molar-refractivity contribution >= 4 is 17.8 Å². The van der Waals surface area contributed by atoms with Gasteiger partial charge in [-0.05, 0) is 49.8 Å². The molecule has 0 bridgehead atoms. The number of methoxy groups -OCH3 is 1. The van der Waals surface area contributed by atoms with Crippen LogP contribution >= 0.6 is 0 Å². The average Bonchev–Trinajstić information content (AvgIpc) is 2.97. The zero-order valence-corrected chi connectivity index (χ0v) is 15.4. The van der Waals surface area contributed by atoms with Crippen molar-refractivity contribution in [2.75, 3.05) is 13.7 Å². The molecule has 0 radical (unpaired) electrons. The van der Waals surface area contributed by atoms with Gasteiger partial charge in [0.1, 0.15) is 17.2 Å². The van der Waals surface area contributed by atoms with Crippen LogP contribution in [-0.2, 0) is 9.53 Å². The molecule has 1 heterocycles. The number of Topliss-reactive ketones (excluding diaryl/α,β-unsaturated/α-hetero) is 1. The maximum atomic E-state index is 12.5. The highest BCUT2D eigenvalue weighted by molar-refractivity contribution is 6.14. The number of benzene rings is 2. The first-order chi connectivity index (χ1) is 13.0. The summed E-state index contributed by atoms with van der Waals surface area (Å²) in [4.78, 5) is 24.0. The van der Waals surface area contributed by atoms with Gasteiger partial charge >= 0.3 is 5.97 Å². The second kappa shape index (κ2) is 7.95. The number of rotatable bonds is 6. The monoisotopic (exact) mass is 368 g/mol. The van der Waals surface area contributed by atoms with E-state index >= 15 is 0 Å². The van der Waals surface area contributed by atoms with Crippen molar-refractivity contribution in [3.05, 3.63) is 59.4 Å². The van der Waals surface area contributed by atoms with Gasteiger partial charge in [-0.25, -0.2) is 4.79 Å². The molecule has 0 saturated heterocycles. The van der Waals surface area contributed by atoms with Gasteiger partial charge in [0.2, 0.25) is 5.78 Å². The zero-order valence-electron chi connectivity index (χ0n) is 15.4. The van der Waals surface area contributed by atoms with Gasteiger partial charge in [-0.3, -0.25) is 4.79 Å². The summed E-state index contributed by atoms with van der Waals surface area (Å²) in [6.45, 7) is 4.10. The van der Waals surface area contributed by atoms with Crippen molar-refractivity contribution < 1.29 is 28.5 Å². The molecule has 0 N–H and O–H groups in total. The Bertz CT molecular complexity index is 882. The van der Waals surface area contributed by atoms with E-state index in [1.165, 1.54) is 7.11 Å². The molecular weight excluding hydrogens is 348 g/mol. The lowest BCUT2D eigenvalue weighted by molar-refractivity contribution is -0.147. The molecule has 2 aromatic carbocycles. The van der Waals surface area contributed by atoms with Crippen molar-refractivity contribution in [3.8, 4) is 17.2 Å². The van der Waals surface area contributed by atoms with Crippen molar-refractivity contribution in [2.45, 2.75) is 20.0 Å². The Hall–Kier alpha value is -3.28. The normalized spacial score (nSPS) is 15.1. The number of carbonyl (C=O) groups excluding carboxylic acids is 2. The highest BCUT2D eigenvalue weighted by Crippen LogP contribution is 2.35. The molecule has 0 spiro atoms. The van der Waals surface area contributed by atoms with Crippen LogP contribution < -0.4 is 14.2 Å². The molecule has 6 heteroatoms. The van der Waals surface area contributed by atoms with Crippen LogP contribution in [0.4, 0.5) is 0 Å². The van der Waals surface area contributed by atoms with Crippen LogP contribution in [0.3, 0.4) is 0 Å². The fourth-order valence-electron chi connectivity index (χ4n) is 2.64. The largest absolute Gasteiger partial charge is 0.494 e. The Morgan fingerprint density at radius 1 is 1.15 bits per heavy atom. The number of carbonyl (C=O) groups is 2. The maximum Gasteiger partial charge on any atom is 0.346 e. The second-order valence-corrected chi connectivity index (χ2v) is 5.88. The summed E-state index contributed by atoms with van der Waals surface area (Å²) in [5, 5.41) is 0. The Kier molecular flexibility index (Phi) is 5.45. The zero-order chi connectivity index (χ0) is 19.4. The van der Waals surface area contributed by atoms with Crippen molar-refractivity contribution in [1.29, 1.82) is 0 Å². The van der Waals surface area contributed by atoms with Gasteiger partial charge in [0.25, 0.3) is 0 Å². The third kappa shape index (κ3) is 4.11. The predicted octanol–water partition coefficient (Wildman–Crippen LogP) is 3.64. The first-order valence-electron chi connectivity index (χ1n) is 8.57. The van der Waals surface area contributed by atoms with Crippen LogP contribution in [0.15, 0.2) is 48.2 Å². The number of allylic oxidation sites excluding steroid dienone is 1. The van der Waals surface area contributed by atoms with E-state index < -0.39 is 12.1 Å². The Morgan fingerprint density at radius 3 is 2.52 bits per heavy atom. The molecule has 0 saturated carbocycles. The topological polar surface area (TPSA) is 71.1 Å². The molecule has 3 rings (SSSR count). The SMILES string of the molecule is CCOc1ccc(C=C2Oc3cc(O[C@H](C)C(=O)OC)ccc3C2=O)cc1. The van der Waals surface area contributed by atoms with E-state index in [9.17, 15) is 9.59 Å². The number of esters is 1. The minimum absolute atomic E-state index is 0.202. The third-order valence-corrected chi connectivity index (χ3v) is 3.98. The fraction of sp³-hybridized carbons (Fsp3) is 0.238. The molecule has 27 heavy (non-hydrogen) atoms. The number of hydrogen-bond acceptors (Lipinski definition) is 6. The maximum absolute atomic E-state index is 12.5. The molecular formula is C21H20O6. The minimum Gasteiger partial charge on any atom is -0.494 e. The molecule has 1 atom stereocenters. The van der Waals surface area contributed by atoms with E-state index in [2.05, 4.69) is 4.74 Å². The lowest BCUT2D eigenvalue weighted by Gasteiger charge is -2.12. The summed E-state index contributed by atoms with van der Waals surface area (Å²) < 4.78 is 21.3. The van der Waals surface area contributed by atoms with Crippen LogP contribution in [0.5, 0.6) is 17.2 Å². The summed E-state index contributed by atoms with van der Waals surface area (Å²) in [7, 11) is 1.30. The average molecular weight is 368 g/mol. The summed E-state index contributed by atoms with van der Waals surface area (Å²) in [6.07, 6.45) is 0.916. The van der Waals surface area contributed by atoms with Gasteiger partial charge in [-0.15, -0.1) is 0 Å². The van der Waals surface area contributed by atoms with Crippen molar-refractivity contribution in [2.24, 2.45) is 0 Å². The van der Waals surface area contributed by atoms with Crippen LogP contribution in [0, 0.1) is 0 Å². The molecule has 1 aliphatic rings. The van der Waals surface area contributed by atoms with Crippen LogP contribution in [0.1, 0.15) is 29.8 Å². The van der Waals surface area contributed by atoms with Crippen molar-refractivity contribution in [3.63, 3.8) is 0 Å². The summed E-state index contributed by atoms with van der Waals surface area (Å²) >= 11 is 0. The molecule has 6 nitrogen and oxygen atoms in total. The van der Waals surface area contributed by atoms with E-state index in [0.717, 1.165) is 11.3 Å². The van der Waals surface area contributed by atoms with E-state index in [1.807, 2.05) is 31.2 Å². The van der Waals surface area contributed by atoms with Gasteiger partial charge in [-0.1, -0.05) is 12.1 Å². The molecule has 0 unspecified atom stereocenters. The molecule has 0 amide bonds. The van der Waals surface area contributed by atoms with E-state index in [4.69, 9.17) is 14.2 Å². The van der Waals surface area contributed by atoms with Gasteiger partial charge in [0.05, 0.1) is 19.3 Å². The van der Waals surface area contributed by atoms with E-state index in [0.29, 0.717) is 23.7 Å². The quantitative estimate of drug-likeness (QED) is 0.573. The van der Waals surface area contributed by atoms with Crippen LogP contribution in [0.2, 0.25) is 0 Å². The molecule has 0 fully saturated rings. The van der Waals surface area contributed by atoms with Crippen LogP contribution in [-0.4, -0.2) is 31.6 Å². The van der Waals surface area contributed by atoms with E-state index in [1.54, 1.807) is 31.2 Å². The minimum atomic E-state index is -0.760. The summed E-state index contributed by atoms with van der Waals surface area (Å²) in [5.41, 5.74) is 1.27. The molecule has 0 aromatic heterocycles. The summed E-state index contributed by atoms with van der Waals surface area (Å²) in [5.74, 6) is 1.12. The van der Waals surface area contributed by atoms with Gasteiger partial charge in [-0.2, -0.15) is 0 Å². The van der Waals surface area contributed by atoms with Crippen LogP contribution in [0.25, 0.3) is 6.08 Å². The van der Waals surface area contributed by atoms with Gasteiger partial charge < -0.3 is 18.9 Å². The van der Waals surface area contributed by atoms with E-state index in [-0.39, 0.29) is 11.5 Å². The first kappa shape index (κ1) is 18.5.